The molecule has 0 bridgehead atoms. The smallest absolute Gasteiger partial charge is 0.212 e. The van der Waals surface area contributed by atoms with Crippen molar-refractivity contribution in [2.24, 2.45) is 0 Å². The molecule has 0 saturated heterocycles. The van der Waals surface area contributed by atoms with E-state index in [4.69, 9.17) is 9.47 Å². The Bertz CT molecular complexity index is 547. The van der Waals surface area contributed by atoms with Gasteiger partial charge in [-0.3, -0.25) is 4.79 Å². The predicted molar refractivity (Wildman–Crippen MR) is 71.8 cm³/mol. The Morgan fingerprint density at radius 1 is 1.05 bits per heavy atom. The Hall–Kier alpha value is -2.36. The topological polar surface area (TPSA) is 48.4 Å². The fourth-order valence-electron chi connectivity index (χ4n) is 1.70. The van der Waals surface area contributed by atoms with Gasteiger partial charge in [0.15, 0.2) is 5.78 Å². The highest BCUT2D eigenvalue weighted by Gasteiger charge is 2.08. The lowest BCUT2D eigenvalue weighted by Gasteiger charge is -2.04. The molecule has 0 saturated carbocycles. The summed E-state index contributed by atoms with van der Waals surface area (Å²) in [5.41, 5.74) is 1.53. The van der Waals surface area contributed by atoms with Gasteiger partial charge in [0.25, 0.3) is 0 Å². The summed E-state index contributed by atoms with van der Waals surface area (Å²) in [6.07, 6.45) is 1.88. The van der Waals surface area contributed by atoms with Gasteiger partial charge >= 0.3 is 0 Å². The monoisotopic (exact) mass is 257 g/mol. The van der Waals surface area contributed by atoms with Gasteiger partial charge in [0, 0.05) is 24.2 Å². The molecule has 0 spiro atoms. The van der Waals surface area contributed by atoms with E-state index in [0.29, 0.717) is 17.9 Å². The van der Waals surface area contributed by atoms with Gasteiger partial charge in [-0.2, -0.15) is 0 Å². The lowest BCUT2D eigenvalue weighted by molar-refractivity contribution is 0.0992. The highest BCUT2D eigenvalue weighted by Crippen LogP contribution is 2.14. The molecule has 0 N–H and O–H groups in total. The molecule has 19 heavy (non-hydrogen) atoms. The highest BCUT2D eigenvalue weighted by atomic mass is 16.5. The summed E-state index contributed by atoms with van der Waals surface area (Å²) in [6, 6.07) is 10.9. The van der Waals surface area contributed by atoms with Gasteiger partial charge in [-0.15, -0.1) is 0 Å². The average Bonchev–Trinajstić information content (AvgIpc) is 2.48. The van der Waals surface area contributed by atoms with Gasteiger partial charge < -0.3 is 9.47 Å². The number of hydrogen-bond donors (Lipinski definition) is 0. The molecule has 4 heteroatoms. The van der Waals surface area contributed by atoms with E-state index < -0.39 is 0 Å². The maximum absolute atomic E-state index is 12.1. The number of methoxy groups -OCH3 is 2. The molecule has 2 aromatic rings. The minimum absolute atomic E-state index is 0.0281. The summed E-state index contributed by atoms with van der Waals surface area (Å²) in [7, 11) is 3.16. The molecule has 1 heterocycles. The third kappa shape index (κ3) is 3.31. The summed E-state index contributed by atoms with van der Waals surface area (Å²) in [4.78, 5) is 16.1. The number of ketones is 1. The van der Waals surface area contributed by atoms with Crippen molar-refractivity contribution in [1.82, 2.24) is 4.98 Å². The van der Waals surface area contributed by atoms with Crippen LogP contribution in [0.2, 0.25) is 0 Å². The number of benzene rings is 1. The number of aromatic nitrogens is 1. The van der Waals surface area contributed by atoms with Crippen molar-refractivity contribution in [3.63, 3.8) is 0 Å². The molecule has 0 amide bonds. The third-order valence-electron chi connectivity index (χ3n) is 2.79. The maximum atomic E-state index is 12.1. The van der Waals surface area contributed by atoms with Crippen molar-refractivity contribution in [2.75, 3.05) is 14.2 Å². The SMILES string of the molecule is COc1ccc(CC(=O)c2ccc(OC)nc2)cc1. The molecular weight excluding hydrogens is 242 g/mol. The Kier molecular flexibility index (Phi) is 4.13. The lowest BCUT2D eigenvalue weighted by atomic mass is 10.0. The van der Waals surface area contributed by atoms with Crippen LogP contribution in [0.4, 0.5) is 0 Å². The van der Waals surface area contributed by atoms with E-state index in [1.165, 1.54) is 6.20 Å². The molecule has 0 aliphatic rings. The zero-order valence-corrected chi connectivity index (χ0v) is 10.9. The molecular formula is C15H15NO3. The van der Waals surface area contributed by atoms with Gasteiger partial charge in [0.2, 0.25) is 5.88 Å². The molecule has 2 rings (SSSR count). The van der Waals surface area contributed by atoms with E-state index in [0.717, 1.165) is 11.3 Å². The first-order valence-corrected chi connectivity index (χ1v) is 5.89. The number of nitrogens with zero attached hydrogens (tertiary/aromatic N) is 1. The van der Waals surface area contributed by atoms with Crippen LogP contribution in [-0.4, -0.2) is 25.0 Å². The first-order valence-electron chi connectivity index (χ1n) is 5.89. The highest BCUT2D eigenvalue weighted by molar-refractivity contribution is 5.97. The number of carbonyl (C=O) groups excluding carboxylic acids is 1. The van der Waals surface area contributed by atoms with Crippen molar-refractivity contribution in [1.29, 1.82) is 0 Å². The second kappa shape index (κ2) is 6.00. The van der Waals surface area contributed by atoms with Crippen molar-refractivity contribution < 1.29 is 14.3 Å². The molecule has 0 aliphatic heterocycles. The van der Waals surface area contributed by atoms with E-state index in [1.807, 2.05) is 24.3 Å². The van der Waals surface area contributed by atoms with E-state index in [1.54, 1.807) is 26.4 Å². The van der Waals surface area contributed by atoms with Crippen LogP contribution < -0.4 is 9.47 Å². The molecule has 0 aliphatic carbocycles. The summed E-state index contributed by atoms with van der Waals surface area (Å²) in [6.45, 7) is 0. The van der Waals surface area contributed by atoms with Crippen LogP contribution in [0.3, 0.4) is 0 Å². The molecule has 1 aromatic carbocycles. The zero-order chi connectivity index (χ0) is 13.7. The molecule has 4 nitrogen and oxygen atoms in total. The van der Waals surface area contributed by atoms with Crippen LogP contribution >= 0.6 is 0 Å². The number of rotatable bonds is 5. The van der Waals surface area contributed by atoms with Crippen molar-refractivity contribution in [3.8, 4) is 11.6 Å². The summed E-state index contributed by atoms with van der Waals surface area (Å²) in [5.74, 6) is 1.31. The van der Waals surface area contributed by atoms with Gasteiger partial charge in [0.05, 0.1) is 14.2 Å². The van der Waals surface area contributed by atoms with Crippen LogP contribution in [0.1, 0.15) is 15.9 Å². The van der Waals surface area contributed by atoms with Gasteiger partial charge in [-0.1, -0.05) is 12.1 Å². The molecule has 0 fully saturated rings. The summed E-state index contributed by atoms with van der Waals surface area (Å²) in [5, 5.41) is 0. The van der Waals surface area contributed by atoms with Crippen LogP contribution in [0.15, 0.2) is 42.6 Å². The first-order chi connectivity index (χ1) is 9.22. The molecule has 0 unspecified atom stereocenters. The standard InChI is InChI=1S/C15H15NO3/c1-18-13-6-3-11(4-7-13)9-14(17)12-5-8-15(19-2)16-10-12/h3-8,10H,9H2,1-2H3. The second-order valence-electron chi connectivity index (χ2n) is 4.04. The van der Waals surface area contributed by atoms with Crippen molar-refractivity contribution >= 4 is 5.78 Å². The number of pyridine rings is 1. The summed E-state index contributed by atoms with van der Waals surface area (Å²) < 4.78 is 10.0. The normalized spacial score (nSPS) is 10.0. The average molecular weight is 257 g/mol. The molecule has 98 valence electrons. The van der Waals surface area contributed by atoms with E-state index in [2.05, 4.69) is 4.98 Å². The van der Waals surface area contributed by atoms with E-state index in [9.17, 15) is 4.79 Å². The van der Waals surface area contributed by atoms with Crippen molar-refractivity contribution in [2.45, 2.75) is 6.42 Å². The van der Waals surface area contributed by atoms with Crippen molar-refractivity contribution in [3.05, 3.63) is 53.7 Å². The van der Waals surface area contributed by atoms with Crippen LogP contribution in [0.25, 0.3) is 0 Å². The van der Waals surface area contributed by atoms with Gasteiger partial charge in [0.1, 0.15) is 5.75 Å². The molecule has 0 radical (unpaired) electrons. The Morgan fingerprint density at radius 2 is 1.79 bits per heavy atom. The third-order valence-corrected chi connectivity index (χ3v) is 2.79. The molecule has 0 atom stereocenters. The summed E-state index contributed by atoms with van der Waals surface area (Å²) >= 11 is 0. The largest absolute Gasteiger partial charge is 0.497 e. The van der Waals surface area contributed by atoms with Gasteiger partial charge in [-0.25, -0.2) is 4.98 Å². The number of carbonyl (C=O) groups is 1. The Labute approximate surface area is 112 Å². The lowest BCUT2D eigenvalue weighted by Crippen LogP contribution is -2.04. The number of hydrogen-bond acceptors (Lipinski definition) is 4. The van der Waals surface area contributed by atoms with E-state index in [-0.39, 0.29) is 5.78 Å². The van der Waals surface area contributed by atoms with Crippen LogP contribution in [0.5, 0.6) is 11.6 Å². The predicted octanol–water partition coefficient (Wildman–Crippen LogP) is 2.52. The first kappa shape index (κ1) is 13.1. The number of ether oxygens (including phenoxy) is 2. The Balaban J connectivity index is 2.06. The fourth-order valence-corrected chi connectivity index (χ4v) is 1.70. The minimum Gasteiger partial charge on any atom is -0.497 e. The van der Waals surface area contributed by atoms with Crippen LogP contribution in [0, 0.1) is 0 Å². The van der Waals surface area contributed by atoms with Gasteiger partial charge in [-0.05, 0) is 23.8 Å². The fraction of sp³-hybridized carbons (Fsp3) is 0.200. The molecule has 1 aromatic heterocycles. The quantitative estimate of drug-likeness (QED) is 0.772. The number of Topliss-reactive ketones (excluding diaryl/α,β-unsaturated/α-hetero) is 1. The van der Waals surface area contributed by atoms with E-state index >= 15 is 0 Å². The maximum Gasteiger partial charge on any atom is 0.212 e. The zero-order valence-electron chi connectivity index (χ0n) is 10.9. The minimum atomic E-state index is 0.0281. The van der Waals surface area contributed by atoms with Crippen LogP contribution in [-0.2, 0) is 6.42 Å². The second-order valence-corrected chi connectivity index (χ2v) is 4.04. The Morgan fingerprint density at radius 3 is 2.32 bits per heavy atom.